The minimum Gasteiger partial charge on any atom is -0.481 e. The number of nitrogens with zero attached hydrogens (tertiary/aromatic N) is 2. The third-order valence-electron chi connectivity index (χ3n) is 3.62. The molecule has 1 aromatic carbocycles. The van der Waals surface area contributed by atoms with Crippen LogP contribution in [0.1, 0.15) is 24.8 Å². The zero-order chi connectivity index (χ0) is 14.5. The summed E-state index contributed by atoms with van der Waals surface area (Å²) in [6.07, 6.45) is 2.19. The molecule has 1 saturated heterocycles. The van der Waals surface area contributed by atoms with E-state index in [4.69, 9.17) is 5.11 Å². The predicted octanol–water partition coefficient (Wildman–Crippen LogP) is 2.28. The second-order valence-electron chi connectivity index (χ2n) is 5.26. The molecule has 1 aromatic rings. The number of carboxylic acid groups (broad SMARTS) is 1. The standard InChI is InChI=1S/C14H18N2O4/c17-14(18)8-12-2-1-7-15(10-12)9-11-3-5-13(6-4-11)16(19)20/h3-6,12H,1-2,7-10H2,(H,17,18). The highest BCUT2D eigenvalue weighted by Crippen LogP contribution is 2.22. The number of benzene rings is 1. The lowest BCUT2D eigenvalue weighted by Crippen LogP contribution is -2.35. The minimum absolute atomic E-state index is 0.0937. The van der Waals surface area contributed by atoms with Crippen molar-refractivity contribution in [2.45, 2.75) is 25.8 Å². The number of hydrogen-bond acceptors (Lipinski definition) is 4. The van der Waals surface area contributed by atoms with E-state index in [0.717, 1.165) is 31.5 Å². The molecule has 1 aliphatic heterocycles. The number of nitro benzene ring substituents is 1. The fourth-order valence-corrected chi connectivity index (χ4v) is 2.69. The lowest BCUT2D eigenvalue weighted by molar-refractivity contribution is -0.384. The molecule has 0 radical (unpaired) electrons. The molecule has 0 saturated carbocycles. The maximum atomic E-state index is 10.8. The molecule has 1 atom stereocenters. The number of piperidine rings is 1. The number of hydrogen-bond donors (Lipinski definition) is 1. The quantitative estimate of drug-likeness (QED) is 0.660. The van der Waals surface area contributed by atoms with E-state index in [2.05, 4.69) is 4.90 Å². The van der Waals surface area contributed by atoms with E-state index in [1.54, 1.807) is 12.1 Å². The maximum Gasteiger partial charge on any atom is 0.303 e. The molecule has 1 aliphatic rings. The van der Waals surface area contributed by atoms with Crippen LogP contribution in [0.25, 0.3) is 0 Å². The van der Waals surface area contributed by atoms with Gasteiger partial charge in [-0.1, -0.05) is 12.1 Å². The molecule has 1 N–H and O–H groups in total. The zero-order valence-electron chi connectivity index (χ0n) is 11.2. The number of rotatable bonds is 5. The van der Waals surface area contributed by atoms with Crippen LogP contribution in [0, 0.1) is 16.0 Å². The van der Waals surface area contributed by atoms with E-state index in [1.807, 2.05) is 0 Å². The van der Waals surface area contributed by atoms with Gasteiger partial charge >= 0.3 is 5.97 Å². The van der Waals surface area contributed by atoms with E-state index >= 15 is 0 Å². The fourth-order valence-electron chi connectivity index (χ4n) is 2.69. The van der Waals surface area contributed by atoms with Crippen molar-refractivity contribution in [1.29, 1.82) is 0 Å². The summed E-state index contributed by atoms with van der Waals surface area (Å²) in [7, 11) is 0. The average molecular weight is 278 g/mol. The molecule has 1 unspecified atom stereocenters. The third-order valence-corrected chi connectivity index (χ3v) is 3.62. The zero-order valence-corrected chi connectivity index (χ0v) is 11.2. The number of likely N-dealkylation sites (tertiary alicyclic amines) is 1. The molecule has 108 valence electrons. The summed E-state index contributed by atoms with van der Waals surface area (Å²) < 4.78 is 0. The molecule has 0 bridgehead atoms. The van der Waals surface area contributed by atoms with Crippen LogP contribution in [-0.2, 0) is 11.3 Å². The average Bonchev–Trinajstić information content (AvgIpc) is 2.39. The lowest BCUT2D eigenvalue weighted by atomic mass is 9.94. The molecule has 0 amide bonds. The highest BCUT2D eigenvalue weighted by molar-refractivity contribution is 5.67. The van der Waals surface area contributed by atoms with Crippen molar-refractivity contribution in [3.8, 4) is 0 Å². The monoisotopic (exact) mass is 278 g/mol. The summed E-state index contributed by atoms with van der Waals surface area (Å²) in [6, 6.07) is 6.54. The van der Waals surface area contributed by atoms with Crippen LogP contribution in [0.15, 0.2) is 24.3 Å². The fraction of sp³-hybridized carbons (Fsp3) is 0.500. The number of carbonyl (C=O) groups is 1. The van der Waals surface area contributed by atoms with Gasteiger partial charge in [-0.15, -0.1) is 0 Å². The number of carboxylic acids is 1. The summed E-state index contributed by atoms with van der Waals surface area (Å²) in [4.78, 5) is 23.2. The summed E-state index contributed by atoms with van der Waals surface area (Å²) in [5.41, 5.74) is 1.11. The van der Waals surface area contributed by atoms with E-state index < -0.39 is 10.9 Å². The molecule has 2 rings (SSSR count). The van der Waals surface area contributed by atoms with E-state index in [9.17, 15) is 14.9 Å². The Morgan fingerprint density at radius 2 is 2.10 bits per heavy atom. The van der Waals surface area contributed by atoms with Gasteiger partial charge in [0.25, 0.3) is 5.69 Å². The van der Waals surface area contributed by atoms with Gasteiger partial charge < -0.3 is 5.11 Å². The molecule has 6 nitrogen and oxygen atoms in total. The van der Waals surface area contributed by atoms with Crippen molar-refractivity contribution >= 4 is 11.7 Å². The Balaban J connectivity index is 1.92. The molecule has 6 heteroatoms. The van der Waals surface area contributed by atoms with Gasteiger partial charge in [0.1, 0.15) is 0 Å². The Morgan fingerprint density at radius 3 is 2.70 bits per heavy atom. The van der Waals surface area contributed by atoms with Crippen LogP contribution in [0.2, 0.25) is 0 Å². The first-order valence-electron chi connectivity index (χ1n) is 6.72. The molecule has 0 spiro atoms. The lowest BCUT2D eigenvalue weighted by Gasteiger charge is -2.32. The third kappa shape index (κ3) is 4.03. The van der Waals surface area contributed by atoms with Gasteiger partial charge in [-0.05, 0) is 30.9 Å². The van der Waals surface area contributed by atoms with Crippen LogP contribution in [0.3, 0.4) is 0 Å². The van der Waals surface area contributed by atoms with Crippen molar-refractivity contribution in [2.75, 3.05) is 13.1 Å². The van der Waals surface area contributed by atoms with Gasteiger partial charge in [0.2, 0.25) is 0 Å². The largest absolute Gasteiger partial charge is 0.481 e. The van der Waals surface area contributed by atoms with Crippen LogP contribution < -0.4 is 0 Å². The van der Waals surface area contributed by atoms with E-state index in [1.165, 1.54) is 12.1 Å². The summed E-state index contributed by atoms with van der Waals surface area (Å²) >= 11 is 0. The van der Waals surface area contributed by atoms with Gasteiger partial charge in [-0.25, -0.2) is 0 Å². The second-order valence-corrected chi connectivity index (χ2v) is 5.26. The minimum atomic E-state index is -0.743. The van der Waals surface area contributed by atoms with Gasteiger partial charge in [0.05, 0.1) is 4.92 Å². The van der Waals surface area contributed by atoms with Gasteiger partial charge in [-0.2, -0.15) is 0 Å². The van der Waals surface area contributed by atoms with Gasteiger partial charge in [0, 0.05) is 31.6 Å². The summed E-state index contributed by atoms with van der Waals surface area (Å²) in [6.45, 7) is 2.45. The molecule has 1 heterocycles. The van der Waals surface area contributed by atoms with Crippen LogP contribution in [0.5, 0.6) is 0 Å². The van der Waals surface area contributed by atoms with E-state index in [-0.39, 0.29) is 18.0 Å². The first-order valence-corrected chi connectivity index (χ1v) is 6.72. The summed E-state index contributed by atoms with van der Waals surface area (Å²) in [5, 5.41) is 19.4. The Labute approximate surface area is 117 Å². The molecule has 0 aromatic heterocycles. The van der Waals surface area contributed by atoms with Gasteiger partial charge in [0.15, 0.2) is 0 Å². The van der Waals surface area contributed by atoms with Crippen molar-refractivity contribution in [3.63, 3.8) is 0 Å². The number of nitro groups is 1. The topological polar surface area (TPSA) is 83.7 Å². The normalized spacial score (nSPS) is 19.7. The Kier molecular flexibility index (Phi) is 4.68. The number of aliphatic carboxylic acids is 1. The van der Waals surface area contributed by atoms with Crippen molar-refractivity contribution < 1.29 is 14.8 Å². The van der Waals surface area contributed by atoms with Crippen LogP contribution in [-0.4, -0.2) is 34.0 Å². The highest BCUT2D eigenvalue weighted by Gasteiger charge is 2.22. The van der Waals surface area contributed by atoms with Crippen molar-refractivity contribution in [2.24, 2.45) is 5.92 Å². The van der Waals surface area contributed by atoms with Crippen molar-refractivity contribution in [3.05, 3.63) is 39.9 Å². The van der Waals surface area contributed by atoms with Crippen molar-refractivity contribution in [1.82, 2.24) is 4.90 Å². The second kappa shape index (κ2) is 6.47. The Hall–Kier alpha value is -1.95. The Bertz CT molecular complexity index is 486. The molecular weight excluding hydrogens is 260 g/mol. The predicted molar refractivity (Wildman–Crippen MR) is 73.4 cm³/mol. The molecule has 1 fully saturated rings. The molecule has 20 heavy (non-hydrogen) atoms. The van der Waals surface area contributed by atoms with E-state index in [0.29, 0.717) is 6.54 Å². The van der Waals surface area contributed by atoms with Gasteiger partial charge in [-0.3, -0.25) is 19.8 Å². The molecular formula is C14H18N2O4. The molecule has 0 aliphatic carbocycles. The summed E-state index contributed by atoms with van der Waals surface area (Å²) in [5.74, 6) is -0.536. The maximum absolute atomic E-state index is 10.8. The van der Waals surface area contributed by atoms with Crippen LogP contribution >= 0.6 is 0 Å². The first-order chi connectivity index (χ1) is 9.54. The SMILES string of the molecule is O=C(O)CC1CCCN(Cc2ccc([N+](=O)[O-])cc2)C1. The highest BCUT2D eigenvalue weighted by atomic mass is 16.6. The Morgan fingerprint density at radius 1 is 1.40 bits per heavy atom. The first kappa shape index (κ1) is 14.5. The smallest absolute Gasteiger partial charge is 0.303 e. The number of non-ortho nitro benzene ring substituents is 1. The van der Waals surface area contributed by atoms with Crippen LogP contribution in [0.4, 0.5) is 5.69 Å².